The molecule has 0 aliphatic rings. The number of hydrogen-bond acceptors (Lipinski definition) is 3. The first-order valence-corrected chi connectivity index (χ1v) is 7.22. The van der Waals surface area contributed by atoms with Crippen LogP contribution in [0.1, 0.15) is 32.3 Å². The van der Waals surface area contributed by atoms with Crippen LogP contribution in [0.15, 0.2) is 24.3 Å². The van der Waals surface area contributed by atoms with E-state index in [1.54, 1.807) is 0 Å². The van der Waals surface area contributed by atoms with Gasteiger partial charge in [0.05, 0.1) is 0 Å². The van der Waals surface area contributed by atoms with Gasteiger partial charge in [0.25, 0.3) is 0 Å². The van der Waals surface area contributed by atoms with Gasteiger partial charge in [0.1, 0.15) is 17.3 Å². The van der Waals surface area contributed by atoms with E-state index in [4.69, 9.17) is 22.7 Å². The molecule has 19 heavy (non-hydrogen) atoms. The molecule has 0 atom stereocenters. The molecule has 3 nitrogen and oxygen atoms in total. The molecule has 0 spiro atoms. The Morgan fingerprint density at radius 1 is 1.37 bits per heavy atom. The highest BCUT2D eigenvalue weighted by molar-refractivity contribution is 7.80. The number of likely N-dealkylation sites (N-methyl/N-ethyl adjacent to an activating group) is 1. The molecule has 0 aliphatic carbocycles. The van der Waals surface area contributed by atoms with Crippen molar-refractivity contribution in [1.82, 2.24) is 4.90 Å². The number of hydrogen-bond donors (Lipinski definition) is 1. The Labute approximate surface area is 121 Å². The monoisotopic (exact) mass is 280 g/mol. The summed E-state index contributed by atoms with van der Waals surface area (Å²) >= 11 is 4.96. The molecule has 0 fully saturated rings. The summed E-state index contributed by atoms with van der Waals surface area (Å²) in [4.78, 5) is 2.75. The smallest absolute Gasteiger partial charge is 0.120 e. The van der Waals surface area contributed by atoms with E-state index in [1.807, 2.05) is 24.3 Å². The maximum absolute atomic E-state index is 5.75. The SMILES string of the molecule is CCC(CC)N(C)CCOc1cccc(C(N)=S)c1. The van der Waals surface area contributed by atoms with Gasteiger partial charge in [-0.3, -0.25) is 0 Å². The maximum atomic E-state index is 5.75. The second kappa shape index (κ2) is 8.12. The molecule has 0 saturated carbocycles. The van der Waals surface area contributed by atoms with E-state index < -0.39 is 0 Å². The standard InChI is InChI=1S/C15H24N2OS/c1-4-13(5-2)17(3)9-10-18-14-8-6-7-12(11-14)15(16)19/h6-8,11,13H,4-5,9-10H2,1-3H3,(H2,16,19). The molecule has 0 saturated heterocycles. The summed E-state index contributed by atoms with van der Waals surface area (Å²) in [6.07, 6.45) is 2.34. The molecular formula is C15H24N2OS. The van der Waals surface area contributed by atoms with Crippen molar-refractivity contribution in [3.63, 3.8) is 0 Å². The highest BCUT2D eigenvalue weighted by Crippen LogP contribution is 2.13. The van der Waals surface area contributed by atoms with Gasteiger partial charge in [-0.15, -0.1) is 0 Å². The molecule has 4 heteroatoms. The number of ether oxygens (including phenoxy) is 1. The van der Waals surface area contributed by atoms with E-state index in [0.717, 1.165) is 17.9 Å². The molecular weight excluding hydrogens is 256 g/mol. The molecule has 1 aromatic carbocycles. The summed E-state index contributed by atoms with van der Waals surface area (Å²) in [5.74, 6) is 0.822. The molecule has 0 heterocycles. The van der Waals surface area contributed by atoms with Crippen LogP contribution in [0.4, 0.5) is 0 Å². The summed E-state index contributed by atoms with van der Waals surface area (Å²) in [5, 5.41) is 0. The average molecular weight is 280 g/mol. The first-order chi connectivity index (χ1) is 9.08. The van der Waals surface area contributed by atoms with E-state index in [-0.39, 0.29) is 0 Å². The lowest BCUT2D eigenvalue weighted by atomic mass is 10.1. The molecule has 1 rings (SSSR count). The van der Waals surface area contributed by atoms with Gasteiger partial charge < -0.3 is 15.4 Å². The number of thiocarbonyl (C=S) groups is 1. The Bertz CT molecular complexity index is 405. The minimum atomic E-state index is 0.402. The topological polar surface area (TPSA) is 38.5 Å². The zero-order valence-corrected chi connectivity index (χ0v) is 12.9. The summed E-state index contributed by atoms with van der Waals surface area (Å²) < 4.78 is 5.75. The second-order valence-corrected chi connectivity index (χ2v) is 5.13. The minimum Gasteiger partial charge on any atom is -0.492 e. The van der Waals surface area contributed by atoms with E-state index >= 15 is 0 Å². The normalized spacial score (nSPS) is 11.0. The quantitative estimate of drug-likeness (QED) is 0.743. The lowest BCUT2D eigenvalue weighted by Gasteiger charge is -2.25. The molecule has 0 bridgehead atoms. The summed E-state index contributed by atoms with van der Waals surface area (Å²) in [6, 6.07) is 8.25. The van der Waals surface area contributed by atoms with Crippen LogP contribution in [0, 0.1) is 0 Å². The molecule has 0 amide bonds. The van der Waals surface area contributed by atoms with Gasteiger partial charge in [0.2, 0.25) is 0 Å². The molecule has 106 valence electrons. The van der Waals surface area contributed by atoms with Crippen molar-refractivity contribution < 1.29 is 4.74 Å². The average Bonchev–Trinajstić information content (AvgIpc) is 2.40. The van der Waals surface area contributed by atoms with Crippen molar-refractivity contribution in [2.45, 2.75) is 32.7 Å². The molecule has 0 aliphatic heterocycles. The third-order valence-electron chi connectivity index (χ3n) is 3.40. The van der Waals surface area contributed by atoms with E-state index in [2.05, 4.69) is 25.8 Å². The van der Waals surface area contributed by atoms with Crippen molar-refractivity contribution in [2.24, 2.45) is 5.73 Å². The van der Waals surface area contributed by atoms with E-state index in [1.165, 1.54) is 12.8 Å². The molecule has 0 radical (unpaired) electrons. The fraction of sp³-hybridized carbons (Fsp3) is 0.533. The Balaban J connectivity index is 2.45. The fourth-order valence-electron chi connectivity index (χ4n) is 2.14. The van der Waals surface area contributed by atoms with Gasteiger partial charge in [-0.1, -0.05) is 38.2 Å². The van der Waals surface area contributed by atoms with Gasteiger partial charge in [-0.2, -0.15) is 0 Å². The van der Waals surface area contributed by atoms with E-state index in [9.17, 15) is 0 Å². The lowest BCUT2D eigenvalue weighted by Crippen LogP contribution is -2.34. The second-order valence-electron chi connectivity index (χ2n) is 4.69. The number of rotatable bonds is 8. The largest absolute Gasteiger partial charge is 0.492 e. The Kier molecular flexibility index (Phi) is 6.81. The van der Waals surface area contributed by atoms with Crippen LogP contribution >= 0.6 is 12.2 Å². The molecule has 0 aromatic heterocycles. The third-order valence-corrected chi connectivity index (χ3v) is 3.63. The van der Waals surface area contributed by atoms with Crippen LogP contribution in [0.2, 0.25) is 0 Å². The van der Waals surface area contributed by atoms with Crippen LogP contribution in [0.5, 0.6) is 5.75 Å². The van der Waals surface area contributed by atoms with Crippen molar-refractivity contribution in [1.29, 1.82) is 0 Å². The first kappa shape index (κ1) is 15.9. The first-order valence-electron chi connectivity index (χ1n) is 6.81. The molecule has 2 N–H and O–H groups in total. The Morgan fingerprint density at radius 2 is 2.05 bits per heavy atom. The molecule has 1 aromatic rings. The fourth-order valence-corrected chi connectivity index (χ4v) is 2.27. The summed E-state index contributed by atoms with van der Waals surface area (Å²) in [7, 11) is 2.15. The summed E-state index contributed by atoms with van der Waals surface area (Å²) in [5.41, 5.74) is 6.45. The number of nitrogens with zero attached hydrogens (tertiary/aromatic N) is 1. The van der Waals surface area contributed by atoms with E-state index in [0.29, 0.717) is 17.6 Å². The summed E-state index contributed by atoms with van der Waals surface area (Å²) in [6.45, 7) is 6.03. The highest BCUT2D eigenvalue weighted by Gasteiger charge is 2.09. The van der Waals surface area contributed by atoms with Crippen molar-refractivity contribution in [3.05, 3.63) is 29.8 Å². The lowest BCUT2D eigenvalue weighted by molar-refractivity contribution is 0.183. The minimum absolute atomic E-state index is 0.402. The van der Waals surface area contributed by atoms with Gasteiger partial charge in [0.15, 0.2) is 0 Å². The van der Waals surface area contributed by atoms with Gasteiger partial charge in [0, 0.05) is 18.2 Å². The van der Waals surface area contributed by atoms with Gasteiger partial charge >= 0.3 is 0 Å². The van der Waals surface area contributed by atoms with Crippen LogP contribution in [-0.2, 0) is 0 Å². The predicted octanol–water partition coefficient (Wildman–Crippen LogP) is 2.82. The zero-order valence-electron chi connectivity index (χ0n) is 12.1. The maximum Gasteiger partial charge on any atom is 0.120 e. The van der Waals surface area contributed by atoms with Crippen molar-refractivity contribution in [3.8, 4) is 5.75 Å². The van der Waals surface area contributed by atoms with Crippen LogP contribution < -0.4 is 10.5 Å². The van der Waals surface area contributed by atoms with Crippen molar-refractivity contribution >= 4 is 17.2 Å². The predicted molar refractivity (Wildman–Crippen MR) is 84.8 cm³/mol. The van der Waals surface area contributed by atoms with Crippen molar-refractivity contribution in [2.75, 3.05) is 20.2 Å². The highest BCUT2D eigenvalue weighted by atomic mass is 32.1. The van der Waals surface area contributed by atoms with Crippen LogP contribution in [-0.4, -0.2) is 36.1 Å². The number of nitrogens with two attached hydrogens (primary N) is 1. The van der Waals surface area contributed by atoms with Gasteiger partial charge in [-0.05, 0) is 32.0 Å². The van der Waals surface area contributed by atoms with Crippen LogP contribution in [0.3, 0.4) is 0 Å². The zero-order chi connectivity index (χ0) is 14.3. The number of benzene rings is 1. The molecule has 0 unspecified atom stereocenters. The van der Waals surface area contributed by atoms with Gasteiger partial charge in [-0.25, -0.2) is 0 Å². The third kappa shape index (κ3) is 5.17. The Morgan fingerprint density at radius 3 is 2.63 bits per heavy atom. The Hall–Kier alpha value is -1.13. The van der Waals surface area contributed by atoms with Crippen LogP contribution in [0.25, 0.3) is 0 Å².